The Balaban J connectivity index is 2.01. The molecule has 2 aliphatic rings. The van der Waals surface area contributed by atoms with E-state index in [-0.39, 0.29) is 17.4 Å². The van der Waals surface area contributed by atoms with Crippen LogP contribution in [0.4, 0.5) is 0 Å². The highest BCUT2D eigenvalue weighted by molar-refractivity contribution is 5.88. The topological polar surface area (TPSA) is 70.7 Å². The number of amides is 2. The van der Waals surface area contributed by atoms with Crippen LogP contribution in [0.3, 0.4) is 0 Å². The van der Waals surface area contributed by atoms with Crippen LogP contribution in [0.15, 0.2) is 0 Å². The minimum absolute atomic E-state index is 0.0247. The largest absolute Gasteiger partial charge is 0.378 e. The highest BCUT2D eigenvalue weighted by Gasteiger charge is 2.42. The summed E-state index contributed by atoms with van der Waals surface area (Å²) in [5, 5.41) is 5.77. The van der Waals surface area contributed by atoms with Gasteiger partial charge in [0.25, 0.3) is 0 Å². The first kappa shape index (κ1) is 14.3. The van der Waals surface area contributed by atoms with Gasteiger partial charge in [-0.25, -0.2) is 0 Å². The van der Waals surface area contributed by atoms with Crippen LogP contribution in [0, 0.1) is 0 Å². The Hall–Kier alpha value is -1.14. The minimum atomic E-state index is -0.403. The second-order valence-corrected chi connectivity index (χ2v) is 5.34. The predicted octanol–water partition coefficient (Wildman–Crippen LogP) is -0.508. The molecule has 108 valence electrons. The Kier molecular flexibility index (Phi) is 4.42. The van der Waals surface area contributed by atoms with Crippen LogP contribution in [0.25, 0.3) is 0 Å². The average Bonchev–Trinajstić information content (AvgIpc) is 2.41. The third kappa shape index (κ3) is 2.90. The van der Waals surface area contributed by atoms with Crippen molar-refractivity contribution >= 4 is 11.8 Å². The van der Waals surface area contributed by atoms with Gasteiger partial charge in [-0.15, -0.1) is 0 Å². The Labute approximate surface area is 113 Å². The molecular weight excluding hydrogens is 246 g/mol. The van der Waals surface area contributed by atoms with Gasteiger partial charge in [-0.1, -0.05) is 0 Å². The predicted molar refractivity (Wildman–Crippen MR) is 70.6 cm³/mol. The molecule has 2 amide bonds. The summed E-state index contributed by atoms with van der Waals surface area (Å²) in [6, 6.07) is -0.403. The maximum Gasteiger partial charge on any atom is 0.243 e. The first-order valence-corrected chi connectivity index (χ1v) is 6.89. The number of hydrogen-bond acceptors (Lipinski definition) is 4. The second kappa shape index (κ2) is 5.88. The van der Waals surface area contributed by atoms with Crippen LogP contribution in [-0.4, -0.2) is 62.1 Å². The maximum absolute atomic E-state index is 12.4. The monoisotopic (exact) mass is 269 g/mol. The van der Waals surface area contributed by atoms with E-state index in [9.17, 15) is 9.59 Å². The fourth-order valence-electron chi connectivity index (χ4n) is 2.81. The van der Waals surface area contributed by atoms with E-state index in [0.717, 1.165) is 25.8 Å². The molecule has 1 saturated carbocycles. The molecule has 0 radical (unpaired) electrons. The number of nitrogens with one attached hydrogen (secondary N) is 2. The molecule has 0 bridgehead atoms. The van der Waals surface area contributed by atoms with Crippen molar-refractivity contribution in [1.82, 2.24) is 15.5 Å². The summed E-state index contributed by atoms with van der Waals surface area (Å²) >= 11 is 0. The Bertz CT molecular complexity index is 350. The number of nitrogens with zero attached hydrogens (tertiary/aromatic N) is 1. The molecule has 1 unspecified atom stereocenters. The highest BCUT2D eigenvalue weighted by Crippen LogP contribution is 2.38. The lowest BCUT2D eigenvalue weighted by Gasteiger charge is -2.43. The molecule has 1 aliphatic carbocycles. The zero-order chi connectivity index (χ0) is 13.9. The van der Waals surface area contributed by atoms with Gasteiger partial charge in [0.05, 0.1) is 12.0 Å². The van der Waals surface area contributed by atoms with E-state index >= 15 is 0 Å². The summed E-state index contributed by atoms with van der Waals surface area (Å²) in [7, 11) is 3.27. The molecular formula is C13H23N3O3. The summed E-state index contributed by atoms with van der Waals surface area (Å²) in [6.07, 6.45) is 3.37. The molecule has 2 rings (SSSR count). The lowest BCUT2D eigenvalue weighted by atomic mass is 9.77. The average molecular weight is 269 g/mol. The van der Waals surface area contributed by atoms with Crippen LogP contribution in [-0.2, 0) is 14.3 Å². The molecule has 6 heteroatoms. The van der Waals surface area contributed by atoms with Gasteiger partial charge in [-0.05, 0) is 19.3 Å². The van der Waals surface area contributed by atoms with Crippen molar-refractivity contribution in [2.24, 2.45) is 0 Å². The van der Waals surface area contributed by atoms with Crippen molar-refractivity contribution in [3.05, 3.63) is 0 Å². The van der Waals surface area contributed by atoms with Crippen LogP contribution in [0.5, 0.6) is 0 Å². The van der Waals surface area contributed by atoms with Crippen LogP contribution in [0.1, 0.15) is 25.7 Å². The zero-order valence-electron chi connectivity index (χ0n) is 11.7. The molecule has 6 nitrogen and oxygen atoms in total. The van der Waals surface area contributed by atoms with E-state index in [1.165, 1.54) is 0 Å². The van der Waals surface area contributed by atoms with Gasteiger partial charge in [0, 0.05) is 33.8 Å². The number of carbonyl (C=O) groups excluding carboxylic acids is 2. The molecule has 1 saturated heterocycles. The Morgan fingerprint density at radius 3 is 2.74 bits per heavy atom. The Morgan fingerprint density at radius 2 is 2.21 bits per heavy atom. The quantitative estimate of drug-likeness (QED) is 0.721. The van der Waals surface area contributed by atoms with Crippen molar-refractivity contribution in [1.29, 1.82) is 0 Å². The van der Waals surface area contributed by atoms with E-state index in [0.29, 0.717) is 19.5 Å². The maximum atomic E-state index is 12.4. The van der Waals surface area contributed by atoms with Crippen molar-refractivity contribution in [3.8, 4) is 0 Å². The van der Waals surface area contributed by atoms with E-state index < -0.39 is 6.04 Å². The van der Waals surface area contributed by atoms with Gasteiger partial charge in [0.2, 0.25) is 11.8 Å². The number of methoxy groups -OCH3 is 1. The van der Waals surface area contributed by atoms with Gasteiger partial charge in [0.1, 0.15) is 6.04 Å². The van der Waals surface area contributed by atoms with Crippen LogP contribution in [0.2, 0.25) is 0 Å². The highest BCUT2D eigenvalue weighted by atomic mass is 16.5. The molecule has 0 aromatic rings. The van der Waals surface area contributed by atoms with E-state index in [4.69, 9.17) is 4.74 Å². The fourth-order valence-corrected chi connectivity index (χ4v) is 2.81. The fraction of sp³-hybridized carbons (Fsp3) is 0.846. The SMILES string of the molecule is CNC(=O)C1CNCCN1C(=O)CC1(OC)CCC1. The second-order valence-electron chi connectivity index (χ2n) is 5.34. The number of ether oxygens (including phenoxy) is 1. The summed E-state index contributed by atoms with van der Waals surface area (Å²) < 4.78 is 5.49. The molecule has 0 spiro atoms. The van der Waals surface area contributed by atoms with Gasteiger partial charge in [-0.3, -0.25) is 9.59 Å². The lowest BCUT2D eigenvalue weighted by molar-refractivity contribution is -0.151. The summed E-state index contributed by atoms with van der Waals surface area (Å²) in [6.45, 7) is 1.83. The molecule has 1 heterocycles. The minimum Gasteiger partial charge on any atom is -0.378 e. The van der Waals surface area contributed by atoms with Gasteiger partial charge in [-0.2, -0.15) is 0 Å². The lowest BCUT2D eigenvalue weighted by Crippen LogP contribution is -2.60. The number of likely N-dealkylation sites (N-methyl/N-ethyl adjacent to an activating group) is 1. The molecule has 2 fully saturated rings. The van der Waals surface area contributed by atoms with Crippen molar-refractivity contribution in [2.45, 2.75) is 37.3 Å². The van der Waals surface area contributed by atoms with Gasteiger partial charge >= 0.3 is 0 Å². The molecule has 1 aliphatic heterocycles. The zero-order valence-corrected chi connectivity index (χ0v) is 11.7. The number of hydrogen-bond donors (Lipinski definition) is 2. The first-order valence-electron chi connectivity index (χ1n) is 6.89. The van der Waals surface area contributed by atoms with E-state index in [1.54, 1.807) is 19.1 Å². The van der Waals surface area contributed by atoms with E-state index in [1.807, 2.05) is 0 Å². The third-order valence-corrected chi connectivity index (χ3v) is 4.28. The smallest absolute Gasteiger partial charge is 0.243 e. The normalized spacial score (nSPS) is 25.6. The molecule has 1 atom stereocenters. The van der Waals surface area contributed by atoms with Crippen LogP contribution >= 0.6 is 0 Å². The number of rotatable bonds is 4. The summed E-state index contributed by atoms with van der Waals surface area (Å²) in [5.74, 6) is -0.0859. The van der Waals surface area contributed by atoms with E-state index in [2.05, 4.69) is 10.6 Å². The molecule has 2 N–H and O–H groups in total. The number of carbonyl (C=O) groups is 2. The first-order chi connectivity index (χ1) is 9.12. The molecule has 0 aromatic heterocycles. The van der Waals surface area contributed by atoms with Crippen molar-refractivity contribution < 1.29 is 14.3 Å². The van der Waals surface area contributed by atoms with Crippen LogP contribution < -0.4 is 10.6 Å². The summed E-state index contributed by atoms with van der Waals surface area (Å²) in [5.41, 5.74) is -0.283. The molecule has 19 heavy (non-hydrogen) atoms. The Morgan fingerprint density at radius 1 is 1.47 bits per heavy atom. The summed E-state index contributed by atoms with van der Waals surface area (Å²) in [4.78, 5) is 25.9. The standard InChI is InChI=1S/C13H23N3O3/c1-14-12(18)10-9-15-6-7-16(10)11(17)8-13(19-2)4-3-5-13/h10,15H,3-9H2,1-2H3,(H,14,18). The van der Waals surface area contributed by atoms with Gasteiger partial charge in [0.15, 0.2) is 0 Å². The van der Waals surface area contributed by atoms with Gasteiger partial charge < -0.3 is 20.3 Å². The molecule has 0 aromatic carbocycles. The van der Waals surface area contributed by atoms with Crippen molar-refractivity contribution in [2.75, 3.05) is 33.8 Å². The third-order valence-electron chi connectivity index (χ3n) is 4.28. The van der Waals surface area contributed by atoms with Crippen molar-refractivity contribution in [3.63, 3.8) is 0 Å². The number of piperazine rings is 1.